The standard InChI is InChI=1S/C15H14FN3O2S/c16-12-3-1-11(2-4-12)7-8-19-22(20,21)13-5-6-14-15(9-13)18-10-17-14/h1-6,9-10,19H,7-8H2,(H,17,18). The maximum atomic E-state index is 12.8. The molecule has 0 aliphatic rings. The molecule has 0 radical (unpaired) electrons. The number of hydrogen-bond donors (Lipinski definition) is 2. The predicted molar refractivity (Wildman–Crippen MR) is 81.4 cm³/mol. The quantitative estimate of drug-likeness (QED) is 0.757. The average molecular weight is 319 g/mol. The van der Waals surface area contributed by atoms with E-state index in [0.717, 1.165) is 5.56 Å². The van der Waals surface area contributed by atoms with Crippen LogP contribution in [0.15, 0.2) is 53.7 Å². The van der Waals surface area contributed by atoms with Gasteiger partial charge in [-0.2, -0.15) is 0 Å². The summed E-state index contributed by atoms with van der Waals surface area (Å²) in [7, 11) is -3.58. The lowest BCUT2D eigenvalue weighted by Crippen LogP contribution is -2.26. The van der Waals surface area contributed by atoms with Gasteiger partial charge in [0.05, 0.1) is 22.3 Å². The molecule has 0 bridgehead atoms. The van der Waals surface area contributed by atoms with Gasteiger partial charge in [-0.05, 0) is 42.3 Å². The molecule has 0 unspecified atom stereocenters. The van der Waals surface area contributed by atoms with Gasteiger partial charge in [0.2, 0.25) is 10.0 Å². The van der Waals surface area contributed by atoms with Crippen LogP contribution in [0.5, 0.6) is 0 Å². The number of nitrogens with one attached hydrogen (secondary N) is 2. The number of H-pyrrole nitrogens is 1. The number of aromatic nitrogens is 2. The topological polar surface area (TPSA) is 74.8 Å². The van der Waals surface area contributed by atoms with E-state index < -0.39 is 10.0 Å². The van der Waals surface area contributed by atoms with Crippen LogP contribution < -0.4 is 4.72 Å². The number of hydrogen-bond acceptors (Lipinski definition) is 3. The molecule has 3 aromatic rings. The van der Waals surface area contributed by atoms with Crippen molar-refractivity contribution in [3.05, 3.63) is 60.2 Å². The van der Waals surface area contributed by atoms with E-state index in [9.17, 15) is 12.8 Å². The van der Waals surface area contributed by atoms with E-state index in [1.54, 1.807) is 24.3 Å². The zero-order valence-electron chi connectivity index (χ0n) is 11.6. The van der Waals surface area contributed by atoms with Crippen LogP contribution in [0.1, 0.15) is 5.56 Å². The second kappa shape index (κ2) is 5.86. The van der Waals surface area contributed by atoms with Crippen LogP contribution in [0.4, 0.5) is 4.39 Å². The fourth-order valence-electron chi connectivity index (χ4n) is 2.15. The molecule has 0 fully saturated rings. The summed E-state index contributed by atoms with van der Waals surface area (Å²) in [6.45, 7) is 0.245. The Morgan fingerprint density at radius 1 is 1.14 bits per heavy atom. The Morgan fingerprint density at radius 3 is 2.68 bits per heavy atom. The van der Waals surface area contributed by atoms with E-state index in [1.807, 2.05) is 0 Å². The molecule has 0 aliphatic heterocycles. The van der Waals surface area contributed by atoms with Crippen LogP contribution in [-0.2, 0) is 16.4 Å². The molecule has 0 saturated heterocycles. The highest BCUT2D eigenvalue weighted by Crippen LogP contribution is 2.15. The molecular formula is C15H14FN3O2S. The largest absolute Gasteiger partial charge is 0.345 e. The maximum Gasteiger partial charge on any atom is 0.240 e. The number of sulfonamides is 1. The lowest BCUT2D eigenvalue weighted by molar-refractivity contribution is 0.581. The van der Waals surface area contributed by atoms with E-state index in [0.29, 0.717) is 17.5 Å². The lowest BCUT2D eigenvalue weighted by Gasteiger charge is -2.07. The number of fused-ring (bicyclic) bond motifs is 1. The van der Waals surface area contributed by atoms with Gasteiger partial charge in [0.1, 0.15) is 5.82 Å². The second-order valence-electron chi connectivity index (χ2n) is 4.86. The van der Waals surface area contributed by atoms with Crippen molar-refractivity contribution < 1.29 is 12.8 Å². The Kier molecular flexibility index (Phi) is 3.91. The monoisotopic (exact) mass is 319 g/mol. The molecule has 0 saturated carbocycles. The summed E-state index contributed by atoms with van der Waals surface area (Å²) >= 11 is 0. The van der Waals surface area contributed by atoms with Gasteiger partial charge in [0.25, 0.3) is 0 Å². The molecule has 114 valence electrons. The number of nitrogens with zero attached hydrogens (tertiary/aromatic N) is 1. The fraction of sp³-hybridized carbons (Fsp3) is 0.133. The molecule has 22 heavy (non-hydrogen) atoms. The summed E-state index contributed by atoms with van der Waals surface area (Å²) in [4.78, 5) is 7.11. The smallest absolute Gasteiger partial charge is 0.240 e. The van der Waals surface area contributed by atoms with Crippen molar-refractivity contribution >= 4 is 21.1 Å². The van der Waals surface area contributed by atoms with Crippen LogP contribution in [0.25, 0.3) is 11.0 Å². The van der Waals surface area contributed by atoms with E-state index >= 15 is 0 Å². The number of benzene rings is 2. The predicted octanol–water partition coefficient (Wildman–Crippen LogP) is 2.22. The molecule has 0 amide bonds. The van der Waals surface area contributed by atoms with Crippen LogP contribution in [-0.4, -0.2) is 24.9 Å². The third kappa shape index (κ3) is 3.15. The zero-order chi connectivity index (χ0) is 15.6. The van der Waals surface area contributed by atoms with Crippen molar-refractivity contribution in [3.8, 4) is 0 Å². The molecule has 0 spiro atoms. The fourth-order valence-corrected chi connectivity index (χ4v) is 3.20. The van der Waals surface area contributed by atoms with Gasteiger partial charge in [0.15, 0.2) is 0 Å². The summed E-state index contributed by atoms with van der Waals surface area (Å²) < 4.78 is 39.8. The normalized spacial score (nSPS) is 11.9. The summed E-state index contributed by atoms with van der Waals surface area (Å²) in [6, 6.07) is 10.7. The molecule has 1 aromatic heterocycles. The second-order valence-corrected chi connectivity index (χ2v) is 6.62. The highest BCUT2D eigenvalue weighted by atomic mass is 32.2. The van der Waals surface area contributed by atoms with Crippen molar-refractivity contribution in [1.82, 2.24) is 14.7 Å². The Balaban J connectivity index is 1.68. The third-order valence-corrected chi connectivity index (χ3v) is 4.78. The van der Waals surface area contributed by atoms with Crippen molar-refractivity contribution in [2.24, 2.45) is 0 Å². The molecule has 0 atom stereocenters. The van der Waals surface area contributed by atoms with Crippen molar-refractivity contribution in [1.29, 1.82) is 0 Å². The Labute approximate surface area is 127 Å². The molecule has 1 heterocycles. The summed E-state index contributed by atoms with van der Waals surface area (Å²) in [5.74, 6) is -0.308. The summed E-state index contributed by atoms with van der Waals surface area (Å²) in [5, 5.41) is 0. The molecular weight excluding hydrogens is 305 g/mol. The van der Waals surface area contributed by atoms with Gasteiger partial charge in [-0.25, -0.2) is 22.5 Å². The zero-order valence-corrected chi connectivity index (χ0v) is 12.4. The Bertz CT molecular complexity index is 889. The molecule has 5 nitrogen and oxygen atoms in total. The van der Waals surface area contributed by atoms with Gasteiger partial charge < -0.3 is 4.98 Å². The molecule has 2 N–H and O–H groups in total. The van der Waals surface area contributed by atoms with Gasteiger partial charge in [-0.15, -0.1) is 0 Å². The Morgan fingerprint density at radius 2 is 1.91 bits per heavy atom. The summed E-state index contributed by atoms with van der Waals surface area (Å²) in [5.41, 5.74) is 2.25. The van der Waals surface area contributed by atoms with Crippen molar-refractivity contribution in [3.63, 3.8) is 0 Å². The minimum absolute atomic E-state index is 0.184. The third-order valence-electron chi connectivity index (χ3n) is 3.32. The minimum Gasteiger partial charge on any atom is -0.345 e. The molecule has 0 aliphatic carbocycles. The molecule has 2 aromatic carbocycles. The number of halogens is 1. The van der Waals surface area contributed by atoms with E-state index in [2.05, 4.69) is 14.7 Å². The van der Waals surface area contributed by atoms with Crippen LogP contribution in [0.2, 0.25) is 0 Å². The number of aromatic amines is 1. The van der Waals surface area contributed by atoms with Gasteiger partial charge in [0, 0.05) is 6.54 Å². The van der Waals surface area contributed by atoms with E-state index in [-0.39, 0.29) is 17.3 Å². The number of rotatable bonds is 5. The SMILES string of the molecule is O=S(=O)(NCCc1ccc(F)cc1)c1ccc2nc[nH]c2c1. The van der Waals surface area contributed by atoms with Gasteiger partial charge in [-0.3, -0.25) is 0 Å². The van der Waals surface area contributed by atoms with Gasteiger partial charge >= 0.3 is 0 Å². The Hall–Kier alpha value is -2.25. The summed E-state index contributed by atoms with van der Waals surface area (Å²) in [6.07, 6.45) is 2.01. The first kappa shape index (κ1) is 14.7. The average Bonchev–Trinajstić information content (AvgIpc) is 2.96. The highest BCUT2D eigenvalue weighted by Gasteiger charge is 2.14. The highest BCUT2D eigenvalue weighted by molar-refractivity contribution is 7.89. The van der Waals surface area contributed by atoms with E-state index in [4.69, 9.17) is 0 Å². The van der Waals surface area contributed by atoms with Crippen molar-refractivity contribution in [2.75, 3.05) is 6.54 Å². The first-order valence-electron chi connectivity index (χ1n) is 6.72. The van der Waals surface area contributed by atoms with Crippen LogP contribution >= 0.6 is 0 Å². The van der Waals surface area contributed by atoms with Crippen molar-refractivity contribution in [2.45, 2.75) is 11.3 Å². The first-order valence-corrected chi connectivity index (χ1v) is 8.20. The molecule has 3 rings (SSSR count). The van der Waals surface area contributed by atoms with Gasteiger partial charge in [-0.1, -0.05) is 12.1 Å². The van der Waals surface area contributed by atoms with Crippen LogP contribution in [0.3, 0.4) is 0 Å². The number of imidazole rings is 1. The first-order chi connectivity index (χ1) is 10.5. The maximum absolute atomic E-state index is 12.8. The van der Waals surface area contributed by atoms with E-state index in [1.165, 1.54) is 24.5 Å². The van der Waals surface area contributed by atoms with Crippen LogP contribution in [0, 0.1) is 5.82 Å². The lowest BCUT2D eigenvalue weighted by atomic mass is 10.1. The minimum atomic E-state index is -3.58. The molecule has 7 heteroatoms.